The number of nitrogens with one attached hydrogen (secondary N) is 1. The van der Waals surface area contributed by atoms with Gasteiger partial charge >= 0.3 is 12.1 Å². The van der Waals surface area contributed by atoms with Crippen molar-refractivity contribution in [2.45, 2.75) is 38.3 Å². The number of carboxylic acids is 1. The lowest BCUT2D eigenvalue weighted by Gasteiger charge is -2.30. The molecule has 0 atom stereocenters. The van der Waals surface area contributed by atoms with E-state index in [1.54, 1.807) is 17.0 Å². The van der Waals surface area contributed by atoms with Gasteiger partial charge in [-0.1, -0.05) is 6.42 Å². The normalized spacial score (nSPS) is 15.8. The van der Waals surface area contributed by atoms with Gasteiger partial charge in [0.25, 0.3) is 5.91 Å². The second kappa shape index (κ2) is 16.9. The minimum atomic E-state index is -5.08. The van der Waals surface area contributed by atoms with Crippen molar-refractivity contribution in [1.82, 2.24) is 20.0 Å². The number of alkyl halides is 3. The highest BCUT2D eigenvalue weighted by atomic mass is 19.4. The van der Waals surface area contributed by atoms with Crippen LogP contribution in [0.4, 0.5) is 13.2 Å². The molecule has 41 heavy (non-hydrogen) atoms. The zero-order valence-corrected chi connectivity index (χ0v) is 23.9. The summed E-state index contributed by atoms with van der Waals surface area (Å²) in [5.41, 5.74) is 0.460. The topological polar surface area (TPSA) is 121 Å². The number of hydrogen-bond donors (Lipinski definition) is 2. The summed E-state index contributed by atoms with van der Waals surface area (Å²) in [6, 6.07) is 3.36. The van der Waals surface area contributed by atoms with E-state index in [-0.39, 0.29) is 11.8 Å². The number of methoxy groups -OCH3 is 3. The molecule has 2 heterocycles. The van der Waals surface area contributed by atoms with Crippen molar-refractivity contribution in [3.8, 4) is 17.2 Å². The highest BCUT2D eigenvalue weighted by Crippen LogP contribution is 2.38. The summed E-state index contributed by atoms with van der Waals surface area (Å²) >= 11 is 0. The number of carbonyl (C=O) groups excluding carboxylic acids is 2. The number of piperazine rings is 1. The zero-order valence-electron chi connectivity index (χ0n) is 23.9. The van der Waals surface area contributed by atoms with Gasteiger partial charge in [-0.25, -0.2) is 4.79 Å². The van der Waals surface area contributed by atoms with E-state index in [1.807, 2.05) is 4.90 Å². The minimum absolute atomic E-state index is 0.0974. The molecule has 0 unspecified atom stereocenters. The maximum Gasteiger partial charge on any atom is 0.490 e. The summed E-state index contributed by atoms with van der Waals surface area (Å²) in [7, 11) is 4.61. The van der Waals surface area contributed by atoms with Crippen molar-refractivity contribution in [3.63, 3.8) is 0 Å². The van der Waals surface area contributed by atoms with E-state index < -0.39 is 12.1 Å². The largest absolute Gasteiger partial charge is 0.493 e. The van der Waals surface area contributed by atoms with Gasteiger partial charge in [0.05, 0.1) is 21.3 Å². The van der Waals surface area contributed by atoms with Crippen LogP contribution in [-0.2, 0) is 9.59 Å². The highest BCUT2D eigenvalue weighted by molar-refractivity contribution is 5.96. The Labute approximate surface area is 238 Å². The molecule has 1 aromatic carbocycles. The second-order valence-electron chi connectivity index (χ2n) is 9.65. The molecule has 2 fully saturated rings. The molecular formula is C27H41F3N4O7. The minimum Gasteiger partial charge on any atom is -0.493 e. The van der Waals surface area contributed by atoms with E-state index in [0.717, 1.165) is 39.1 Å². The Morgan fingerprint density at radius 2 is 1.49 bits per heavy atom. The molecule has 232 valence electrons. The van der Waals surface area contributed by atoms with Crippen LogP contribution in [0, 0.1) is 0 Å². The predicted octanol–water partition coefficient (Wildman–Crippen LogP) is 2.49. The van der Waals surface area contributed by atoms with Gasteiger partial charge in [0.1, 0.15) is 0 Å². The van der Waals surface area contributed by atoms with Crippen LogP contribution in [0.25, 0.3) is 0 Å². The lowest BCUT2D eigenvalue weighted by atomic mass is 10.1. The van der Waals surface area contributed by atoms with Crippen LogP contribution in [0.5, 0.6) is 17.2 Å². The monoisotopic (exact) mass is 590 g/mol. The van der Waals surface area contributed by atoms with E-state index in [2.05, 4.69) is 10.2 Å². The Morgan fingerprint density at radius 3 is 1.98 bits per heavy atom. The first kappa shape index (κ1) is 33.9. The van der Waals surface area contributed by atoms with Crippen molar-refractivity contribution < 1.29 is 46.9 Å². The van der Waals surface area contributed by atoms with Crippen LogP contribution in [0.2, 0.25) is 0 Å². The molecule has 2 saturated heterocycles. The smallest absolute Gasteiger partial charge is 0.490 e. The first-order valence-corrected chi connectivity index (χ1v) is 13.6. The molecule has 0 bridgehead atoms. The predicted molar refractivity (Wildman–Crippen MR) is 145 cm³/mol. The van der Waals surface area contributed by atoms with Gasteiger partial charge < -0.3 is 39.3 Å². The number of aliphatic carboxylic acids is 1. The Bertz CT molecular complexity index is 973. The molecule has 11 nitrogen and oxygen atoms in total. The molecule has 2 N–H and O–H groups in total. The summed E-state index contributed by atoms with van der Waals surface area (Å²) < 4.78 is 48.0. The molecule has 14 heteroatoms. The quantitative estimate of drug-likeness (QED) is 0.401. The SMILES string of the molecule is COc1cc(C(=O)N(CCCN2CCCCC2)CCC(=O)N2CCNCC2)cc(OC)c1OC.O=C(O)C(F)(F)F. The standard InChI is InChI=1S/C25H40N4O5.C2HF3O2/c1-32-21-18-20(19-22(33-2)24(21)34-3)25(31)29(14-7-13-27-11-5-4-6-12-27)15-8-23(30)28-16-9-26-10-17-28;3-2(4,5)1(6)7/h18-19,26H,4-17H2,1-3H3;(H,6,7). The first-order chi connectivity index (χ1) is 19.5. The molecule has 2 aliphatic rings. The maximum atomic E-state index is 13.6. The number of likely N-dealkylation sites (tertiary alicyclic amines) is 1. The molecule has 0 saturated carbocycles. The van der Waals surface area contributed by atoms with E-state index in [9.17, 15) is 22.8 Å². The number of amides is 2. The van der Waals surface area contributed by atoms with Crippen LogP contribution in [0.1, 0.15) is 42.5 Å². The molecule has 2 amide bonds. The summed E-state index contributed by atoms with van der Waals surface area (Å²) in [6.45, 7) is 7.27. The molecule has 3 rings (SSSR count). The number of halogens is 3. The van der Waals surface area contributed by atoms with Crippen LogP contribution >= 0.6 is 0 Å². The molecule has 0 aliphatic carbocycles. The second-order valence-corrected chi connectivity index (χ2v) is 9.65. The first-order valence-electron chi connectivity index (χ1n) is 13.6. The molecule has 2 aliphatic heterocycles. The van der Waals surface area contributed by atoms with Gasteiger partial charge in [-0.3, -0.25) is 9.59 Å². The highest BCUT2D eigenvalue weighted by Gasteiger charge is 2.38. The third-order valence-corrected chi connectivity index (χ3v) is 6.86. The Kier molecular flexibility index (Phi) is 14.0. The van der Waals surface area contributed by atoms with Crippen LogP contribution in [0.15, 0.2) is 12.1 Å². The molecule has 0 aromatic heterocycles. The summed E-state index contributed by atoms with van der Waals surface area (Å²) in [5.74, 6) is -1.46. The lowest BCUT2D eigenvalue weighted by molar-refractivity contribution is -0.192. The van der Waals surface area contributed by atoms with Crippen molar-refractivity contribution in [3.05, 3.63) is 17.7 Å². The lowest BCUT2D eigenvalue weighted by Crippen LogP contribution is -2.47. The van der Waals surface area contributed by atoms with Crippen LogP contribution < -0.4 is 19.5 Å². The summed E-state index contributed by atoms with van der Waals surface area (Å²) in [5, 5.41) is 10.4. The van der Waals surface area contributed by atoms with Gasteiger partial charge in [-0.15, -0.1) is 0 Å². The van der Waals surface area contributed by atoms with E-state index in [1.165, 1.54) is 40.6 Å². The van der Waals surface area contributed by atoms with Gasteiger partial charge in [0.2, 0.25) is 11.7 Å². The number of benzene rings is 1. The number of hydrogen-bond acceptors (Lipinski definition) is 8. The average molecular weight is 591 g/mol. The number of carboxylic acid groups (broad SMARTS) is 1. The Balaban J connectivity index is 0.000000745. The van der Waals surface area contributed by atoms with Crippen molar-refractivity contribution in [2.24, 2.45) is 0 Å². The maximum absolute atomic E-state index is 13.6. The van der Waals surface area contributed by atoms with Crippen LogP contribution in [0.3, 0.4) is 0 Å². The number of rotatable bonds is 11. The average Bonchev–Trinajstić information content (AvgIpc) is 2.98. The van der Waals surface area contributed by atoms with E-state index in [4.69, 9.17) is 24.1 Å². The number of piperidine rings is 1. The molecule has 0 spiro atoms. The fourth-order valence-electron chi connectivity index (χ4n) is 4.67. The van der Waals surface area contributed by atoms with Gasteiger partial charge in [-0.05, 0) is 51.0 Å². The van der Waals surface area contributed by atoms with Gasteiger partial charge in [-0.2, -0.15) is 13.2 Å². The van der Waals surface area contributed by atoms with Crippen LogP contribution in [-0.4, -0.2) is 124 Å². The summed E-state index contributed by atoms with van der Waals surface area (Å²) in [6.07, 6.45) is -0.102. The van der Waals surface area contributed by atoms with Crippen molar-refractivity contribution >= 4 is 17.8 Å². The summed E-state index contributed by atoms with van der Waals surface area (Å²) in [4.78, 5) is 41.4. The van der Waals surface area contributed by atoms with Crippen molar-refractivity contribution in [2.75, 3.05) is 80.2 Å². The number of carbonyl (C=O) groups is 3. The Hall–Kier alpha value is -3.26. The van der Waals surface area contributed by atoms with Gasteiger partial charge in [0, 0.05) is 51.3 Å². The number of nitrogens with zero attached hydrogens (tertiary/aromatic N) is 3. The molecule has 0 radical (unpaired) electrons. The zero-order chi connectivity index (χ0) is 30.4. The fraction of sp³-hybridized carbons (Fsp3) is 0.667. The third-order valence-electron chi connectivity index (χ3n) is 6.86. The van der Waals surface area contributed by atoms with Crippen molar-refractivity contribution in [1.29, 1.82) is 0 Å². The molecular weight excluding hydrogens is 549 g/mol. The van der Waals surface area contributed by atoms with E-state index in [0.29, 0.717) is 55.4 Å². The third kappa shape index (κ3) is 10.9. The number of ether oxygens (including phenoxy) is 3. The fourth-order valence-corrected chi connectivity index (χ4v) is 4.67. The van der Waals surface area contributed by atoms with E-state index >= 15 is 0 Å². The van der Waals surface area contributed by atoms with Gasteiger partial charge in [0.15, 0.2) is 11.5 Å². The Morgan fingerprint density at radius 1 is 0.927 bits per heavy atom. The molecule has 1 aromatic rings.